The van der Waals surface area contributed by atoms with E-state index in [-0.39, 0.29) is 5.91 Å². The first-order valence-electron chi connectivity index (χ1n) is 8.17. The maximum atomic E-state index is 12.3. The third-order valence-corrected chi connectivity index (χ3v) is 4.30. The van der Waals surface area contributed by atoms with Crippen LogP contribution in [-0.4, -0.2) is 18.0 Å². The second-order valence-corrected chi connectivity index (χ2v) is 6.04. The number of rotatable bonds is 4. The molecule has 0 aromatic heterocycles. The van der Waals surface area contributed by atoms with Gasteiger partial charge in [0, 0.05) is 5.56 Å². The van der Waals surface area contributed by atoms with Crippen LogP contribution in [0.3, 0.4) is 0 Å². The number of nitrogens with one attached hydrogen (secondary N) is 1. The molecular formula is C17H26N3O2+. The third kappa shape index (κ3) is 5.15. The lowest BCUT2D eigenvalue weighted by Gasteiger charge is -2.23. The van der Waals surface area contributed by atoms with Gasteiger partial charge in [0.15, 0.2) is 6.04 Å². The van der Waals surface area contributed by atoms with Gasteiger partial charge in [-0.05, 0) is 25.7 Å². The minimum Gasteiger partial charge on any atom is -0.351 e. The number of hydrogen-bond donors (Lipinski definition) is 3. The smallest absolute Gasteiger partial charge is 0.319 e. The molecule has 120 valence electrons. The highest BCUT2D eigenvalue weighted by atomic mass is 16.2. The van der Waals surface area contributed by atoms with Crippen LogP contribution in [0.15, 0.2) is 30.3 Å². The van der Waals surface area contributed by atoms with Crippen molar-refractivity contribution in [1.82, 2.24) is 5.32 Å². The number of benzene rings is 1. The molecule has 0 radical (unpaired) electrons. The maximum Gasteiger partial charge on any atom is 0.319 e. The van der Waals surface area contributed by atoms with Crippen molar-refractivity contribution in [2.24, 2.45) is 5.73 Å². The predicted molar refractivity (Wildman–Crippen MR) is 84.9 cm³/mol. The number of amides is 3. The molecule has 1 saturated carbocycles. The summed E-state index contributed by atoms with van der Waals surface area (Å²) in [5.74, 6) is -0.333. The van der Waals surface area contributed by atoms with E-state index < -0.39 is 12.1 Å². The van der Waals surface area contributed by atoms with E-state index in [1.165, 1.54) is 32.1 Å². The monoisotopic (exact) mass is 304 g/mol. The Kier molecular flexibility index (Phi) is 6.40. The van der Waals surface area contributed by atoms with E-state index in [0.717, 1.165) is 18.4 Å². The molecule has 1 fully saturated rings. The molecule has 1 aliphatic rings. The van der Waals surface area contributed by atoms with Crippen LogP contribution in [0, 0.1) is 0 Å². The largest absolute Gasteiger partial charge is 0.351 e. The highest BCUT2D eigenvalue weighted by molar-refractivity contribution is 5.96. The van der Waals surface area contributed by atoms with E-state index in [1.807, 2.05) is 30.3 Å². The summed E-state index contributed by atoms with van der Waals surface area (Å²) in [6.45, 7) is 0. The summed E-state index contributed by atoms with van der Waals surface area (Å²) in [7, 11) is 0. The van der Waals surface area contributed by atoms with Crippen LogP contribution in [0.25, 0.3) is 0 Å². The van der Waals surface area contributed by atoms with Crippen molar-refractivity contribution in [3.63, 3.8) is 0 Å². The van der Waals surface area contributed by atoms with Crippen molar-refractivity contribution in [3.05, 3.63) is 35.9 Å². The SMILES string of the molecule is NC(=O)NC(=O)[C@@H]([NH2+]C1CCCCCCC1)c1ccccc1. The average Bonchev–Trinajstić information content (AvgIpc) is 2.46. The van der Waals surface area contributed by atoms with Gasteiger partial charge >= 0.3 is 6.03 Å². The van der Waals surface area contributed by atoms with Crippen molar-refractivity contribution in [2.45, 2.75) is 57.0 Å². The zero-order valence-corrected chi connectivity index (χ0v) is 13.0. The Morgan fingerprint density at radius 2 is 1.64 bits per heavy atom. The quantitative estimate of drug-likeness (QED) is 0.789. The standard InChI is InChI=1S/C17H25N3O2/c18-17(22)20-16(21)15(13-9-5-4-6-10-13)19-14-11-7-2-1-3-8-12-14/h4-6,9-10,14-15,19H,1-3,7-8,11-12H2,(H3,18,20,21,22)/p+1/t15-/m0/s1. The lowest BCUT2D eigenvalue weighted by atomic mass is 9.95. The molecule has 2 rings (SSSR count). The molecule has 0 saturated heterocycles. The van der Waals surface area contributed by atoms with E-state index in [4.69, 9.17) is 5.73 Å². The van der Waals surface area contributed by atoms with Crippen LogP contribution in [0.5, 0.6) is 0 Å². The van der Waals surface area contributed by atoms with Gasteiger partial charge in [-0.25, -0.2) is 4.79 Å². The van der Waals surface area contributed by atoms with Crippen LogP contribution in [0.1, 0.15) is 56.6 Å². The highest BCUT2D eigenvalue weighted by Gasteiger charge is 2.28. The molecular weight excluding hydrogens is 278 g/mol. The number of hydrogen-bond acceptors (Lipinski definition) is 2. The van der Waals surface area contributed by atoms with Gasteiger partial charge < -0.3 is 11.1 Å². The van der Waals surface area contributed by atoms with E-state index in [2.05, 4.69) is 10.6 Å². The Bertz CT molecular complexity index is 482. The van der Waals surface area contributed by atoms with Crippen molar-refractivity contribution in [2.75, 3.05) is 0 Å². The van der Waals surface area contributed by atoms with E-state index in [0.29, 0.717) is 6.04 Å². The van der Waals surface area contributed by atoms with Crippen LogP contribution in [0.2, 0.25) is 0 Å². The molecule has 0 unspecified atom stereocenters. The van der Waals surface area contributed by atoms with Crippen molar-refractivity contribution < 1.29 is 14.9 Å². The molecule has 1 aromatic rings. The first-order valence-corrected chi connectivity index (χ1v) is 8.17. The molecule has 5 nitrogen and oxygen atoms in total. The van der Waals surface area contributed by atoms with Gasteiger partial charge in [-0.3, -0.25) is 10.1 Å². The Morgan fingerprint density at radius 3 is 2.23 bits per heavy atom. The summed E-state index contributed by atoms with van der Waals surface area (Å²) in [6, 6.07) is 8.79. The van der Waals surface area contributed by atoms with Gasteiger partial charge in [0.1, 0.15) is 0 Å². The number of carbonyl (C=O) groups is 2. The first-order chi connectivity index (χ1) is 10.7. The summed E-state index contributed by atoms with van der Waals surface area (Å²) in [5, 5.41) is 4.34. The molecule has 22 heavy (non-hydrogen) atoms. The van der Waals surface area contributed by atoms with Gasteiger partial charge in [0.2, 0.25) is 0 Å². The zero-order chi connectivity index (χ0) is 15.8. The van der Waals surface area contributed by atoms with Crippen LogP contribution >= 0.6 is 0 Å². The number of quaternary nitrogens is 1. The van der Waals surface area contributed by atoms with Crippen molar-refractivity contribution in [3.8, 4) is 0 Å². The Hall–Kier alpha value is -1.88. The normalized spacial score (nSPS) is 18.0. The second-order valence-electron chi connectivity index (χ2n) is 6.04. The summed E-state index contributed by atoms with van der Waals surface area (Å²) in [5.41, 5.74) is 6.01. The fourth-order valence-electron chi connectivity index (χ4n) is 3.16. The summed E-state index contributed by atoms with van der Waals surface area (Å²) >= 11 is 0. The minimum atomic E-state index is -0.794. The Balaban J connectivity index is 2.09. The lowest BCUT2D eigenvalue weighted by Crippen LogP contribution is -2.92. The molecule has 1 atom stereocenters. The topological polar surface area (TPSA) is 88.8 Å². The maximum absolute atomic E-state index is 12.3. The number of carbonyl (C=O) groups excluding carboxylic acids is 2. The van der Waals surface area contributed by atoms with Crippen LogP contribution in [0.4, 0.5) is 4.79 Å². The molecule has 0 bridgehead atoms. The van der Waals surface area contributed by atoms with Crippen LogP contribution < -0.4 is 16.4 Å². The van der Waals surface area contributed by atoms with Crippen LogP contribution in [-0.2, 0) is 4.79 Å². The van der Waals surface area contributed by atoms with E-state index >= 15 is 0 Å². The number of primary amides is 1. The van der Waals surface area contributed by atoms with Gasteiger partial charge in [0.05, 0.1) is 6.04 Å². The van der Waals surface area contributed by atoms with E-state index in [9.17, 15) is 9.59 Å². The molecule has 0 aliphatic heterocycles. The first kappa shape index (κ1) is 16.5. The second kappa shape index (κ2) is 8.54. The highest BCUT2D eigenvalue weighted by Crippen LogP contribution is 2.17. The van der Waals surface area contributed by atoms with Gasteiger partial charge in [-0.2, -0.15) is 0 Å². The van der Waals surface area contributed by atoms with Crippen molar-refractivity contribution in [1.29, 1.82) is 0 Å². The molecule has 0 spiro atoms. The number of nitrogens with two attached hydrogens (primary N) is 2. The fourth-order valence-corrected chi connectivity index (χ4v) is 3.16. The average molecular weight is 304 g/mol. The zero-order valence-electron chi connectivity index (χ0n) is 13.0. The molecule has 5 heteroatoms. The molecule has 1 aliphatic carbocycles. The van der Waals surface area contributed by atoms with Crippen molar-refractivity contribution >= 4 is 11.9 Å². The summed E-state index contributed by atoms with van der Waals surface area (Å²) in [6.07, 6.45) is 8.51. The van der Waals surface area contributed by atoms with Gasteiger partial charge in [0.25, 0.3) is 5.91 Å². The molecule has 1 aromatic carbocycles. The predicted octanol–water partition coefficient (Wildman–Crippen LogP) is 1.60. The summed E-state index contributed by atoms with van der Waals surface area (Å²) in [4.78, 5) is 23.4. The Morgan fingerprint density at radius 1 is 1.05 bits per heavy atom. The minimum absolute atomic E-state index is 0.333. The number of urea groups is 1. The molecule has 5 N–H and O–H groups in total. The fraction of sp³-hybridized carbons (Fsp3) is 0.529. The summed E-state index contributed by atoms with van der Waals surface area (Å²) < 4.78 is 0. The van der Waals surface area contributed by atoms with Gasteiger partial charge in [-0.1, -0.05) is 49.6 Å². The lowest BCUT2D eigenvalue weighted by molar-refractivity contribution is -0.717. The van der Waals surface area contributed by atoms with E-state index in [1.54, 1.807) is 0 Å². The Labute approximate surface area is 131 Å². The molecule has 0 heterocycles. The molecule has 3 amide bonds. The van der Waals surface area contributed by atoms with Gasteiger partial charge in [-0.15, -0.1) is 0 Å². The number of imide groups is 1. The third-order valence-electron chi connectivity index (χ3n) is 4.30.